The zero-order valence-electron chi connectivity index (χ0n) is 9.89. The summed E-state index contributed by atoms with van der Waals surface area (Å²) in [6.07, 6.45) is 7.54. The standard InChI is InChI=1S/C13H21N3/c1-10(11-5-7-15-8-6-11)16-13-4-2-3-12(13)9-14/h5-8,10,12-13,16H,2-4,9,14H2,1H3. The highest BCUT2D eigenvalue weighted by Gasteiger charge is 2.26. The predicted octanol–water partition coefficient (Wildman–Crippen LogP) is 1.86. The van der Waals surface area contributed by atoms with E-state index in [1.54, 1.807) is 0 Å². The molecule has 0 spiro atoms. The summed E-state index contributed by atoms with van der Waals surface area (Å²) in [5.74, 6) is 0.657. The molecule has 0 bridgehead atoms. The number of hydrogen-bond acceptors (Lipinski definition) is 3. The minimum atomic E-state index is 0.389. The zero-order chi connectivity index (χ0) is 11.4. The van der Waals surface area contributed by atoms with Crippen LogP contribution in [0.25, 0.3) is 0 Å². The average molecular weight is 219 g/mol. The van der Waals surface area contributed by atoms with Crippen molar-refractivity contribution in [3.05, 3.63) is 30.1 Å². The number of nitrogens with one attached hydrogen (secondary N) is 1. The van der Waals surface area contributed by atoms with Crippen LogP contribution in [0.1, 0.15) is 37.8 Å². The van der Waals surface area contributed by atoms with E-state index in [-0.39, 0.29) is 0 Å². The van der Waals surface area contributed by atoms with E-state index in [1.165, 1.54) is 24.8 Å². The summed E-state index contributed by atoms with van der Waals surface area (Å²) in [5, 5.41) is 3.69. The van der Waals surface area contributed by atoms with Crippen molar-refractivity contribution in [2.24, 2.45) is 11.7 Å². The fourth-order valence-corrected chi connectivity index (χ4v) is 2.61. The van der Waals surface area contributed by atoms with Gasteiger partial charge in [0.2, 0.25) is 0 Å². The Morgan fingerprint density at radius 2 is 2.19 bits per heavy atom. The number of rotatable bonds is 4. The van der Waals surface area contributed by atoms with Crippen molar-refractivity contribution < 1.29 is 0 Å². The first-order chi connectivity index (χ1) is 7.81. The van der Waals surface area contributed by atoms with E-state index >= 15 is 0 Å². The molecule has 0 radical (unpaired) electrons. The average Bonchev–Trinajstić information content (AvgIpc) is 2.77. The smallest absolute Gasteiger partial charge is 0.0295 e. The zero-order valence-corrected chi connectivity index (χ0v) is 9.89. The van der Waals surface area contributed by atoms with E-state index in [2.05, 4.69) is 29.4 Å². The number of pyridine rings is 1. The number of nitrogens with two attached hydrogens (primary N) is 1. The second kappa shape index (κ2) is 5.41. The Morgan fingerprint density at radius 1 is 1.44 bits per heavy atom. The molecule has 1 aromatic heterocycles. The molecule has 88 valence electrons. The summed E-state index contributed by atoms with van der Waals surface area (Å²) in [7, 11) is 0. The fourth-order valence-electron chi connectivity index (χ4n) is 2.61. The van der Waals surface area contributed by atoms with Crippen LogP contribution in [-0.4, -0.2) is 17.6 Å². The molecule has 1 fully saturated rings. The van der Waals surface area contributed by atoms with Crippen LogP contribution in [0, 0.1) is 5.92 Å². The van der Waals surface area contributed by atoms with Gasteiger partial charge >= 0.3 is 0 Å². The Hall–Kier alpha value is -0.930. The van der Waals surface area contributed by atoms with Crippen molar-refractivity contribution in [3.8, 4) is 0 Å². The fraction of sp³-hybridized carbons (Fsp3) is 0.615. The van der Waals surface area contributed by atoms with Crippen LogP contribution < -0.4 is 11.1 Å². The van der Waals surface area contributed by atoms with Crippen molar-refractivity contribution in [2.45, 2.75) is 38.3 Å². The van der Waals surface area contributed by atoms with Crippen LogP contribution in [-0.2, 0) is 0 Å². The van der Waals surface area contributed by atoms with Crippen LogP contribution in [0.4, 0.5) is 0 Å². The quantitative estimate of drug-likeness (QED) is 0.812. The summed E-state index contributed by atoms with van der Waals surface area (Å²) >= 11 is 0. The molecule has 0 amide bonds. The normalized spacial score (nSPS) is 26.9. The van der Waals surface area contributed by atoms with Gasteiger partial charge in [0.25, 0.3) is 0 Å². The first kappa shape index (κ1) is 11.6. The van der Waals surface area contributed by atoms with Gasteiger partial charge in [0.15, 0.2) is 0 Å². The predicted molar refractivity (Wildman–Crippen MR) is 66.0 cm³/mol. The highest BCUT2D eigenvalue weighted by Crippen LogP contribution is 2.26. The summed E-state index contributed by atoms with van der Waals surface area (Å²) in [4.78, 5) is 4.04. The van der Waals surface area contributed by atoms with Crippen LogP contribution in [0.3, 0.4) is 0 Å². The lowest BCUT2D eigenvalue weighted by Gasteiger charge is -2.24. The first-order valence-corrected chi connectivity index (χ1v) is 6.17. The Kier molecular flexibility index (Phi) is 3.91. The van der Waals surface area contributed by atoms with Gasteiger partial charge in [-0.05, 0) is 49.9 Å². The molecule has 1 aliphatic rings. The molecule has 0 saturated heterocycles. The monoisotopic (exact) mass is 219 g/mol. The van der Waals surface area contributed by atoms with Gasteiger partial charge in [-0.25, -0.2) is 0 Å². The maximum Gasteiger partial charge on any atom is 0.0295 e. The van der Waals surface area contributed by atoms with E-state index < -0.39 is 0 Å². The minimum Gasteiger partial charge on any atom is -0.330 e. The molecule has 1 saturated carbocycles. The van der Waals surface area contributed by atoms with Gasteiger partial charge in [0.1, 0.15) is 0 Å². The van der Waals surface area contributed by atoms with Gasteiger partial charge < -0.3 is 11.1 Å². The molecule has 3 unspecified atom stereocenters. The second-order valence-corrected chi connectivity index (χ2v) is 4.70. The molecule has 1 aromatic rings. The molecule has 1 heterocycles. The molecule has 0 aliphatic heterocycles. The van der Waals surface area contributed by atoms with Crippen LogP contribution in [0.15, 0.2) is 24.5 Å². The van der Waals surface area contributed by atoms with Crippen LogP contribution >= 0.6 is 0 Å². The van der Waals surface area contributed by atoms with Crippen molar-refractivity contribution in [2.75, 3.05) is 6.54 Å². The SMILES string of the molecule is CC(NC1CCCC1CN)c1ccncc1. The van der Waals surface area contributed by atoms with Gasteiger partial charge in [0.05, 0.1) is 0 Å². The largest absolute Gasteiger partial charge is 0.330 e. The molecule has 1 aliphatic carbocycles. The topological polar surface area (TPSA) is 50.9 Å². The molecule has 3 atom stereocenters. The molecular formula is C13H21N3. The van der Waals surface area contributed by atoms with Gasteiger partial charge in [0, 0.05) is 24.5 Å². The highest BCUT2D eigenvalue weighted by atomic mass is 15.0. The third-order valence-electron chi connectivity index (χ3n) is 3.63. The molecule has 2 rings (SSSR count). The third kappa shape index (κ3) is 2.60. The second-order valence-electron chi connectivity index (χ2n) is 4.70. The third-order valence-corrected chi connectivity index (χ3v) is 3.63. The Bertz CT molecular complexity index is 312. The van der Waals surface area contributed by atoms with Crippen LogP contribution in [0.5, 0.6) is 0 Å². The van der Waals surface area contributed by atoms with E-state index in [0.29, 0.717) is 18.0 Å². The van der Waals surface area contributed by atoms with Gasteiger partial charge in [-0.1, -0.05) is 6.42 Å². The Morgan fingerprint density at radius 3 is 2.88 bits per heavy atom. The van der Waals surface area contributed by atoms with Crippen molar-refractivity contribution in [1.29, 1.82) is 0 Å². The molecule has 0 aromatic carbocycles. The maximum absolute atomic E-state index is 5.79. The lowest BCUT2D eigenvalue weighted by Crippen LogP contribution is -2.37. The lowest BCUT2D eigenvalue weighted by molar-refractivity contribution is 0.373. The molecule has 3 heteroatoms. The molecule has 3 N–H and O–H groups in total. The van der Waals surface area contributed by atoms with Gasteiger partial charge in [-0.15, -0.1) is 0 Å². The number of aromatic nitrogens is 1. The maximum atomic E-state index is 5.79. The highest BCUT2D eigenvalue weighted by molar-refractivity contribution is 5.14. The van der Waals surface area contributed by atoms with E-state index in [1.807, 2.05) is 12.4 Å². The van der Waals surface area contributed by atoms with Crippen LogP contribution in [0.2, 0.25) is 0 Å². The Balaban J connectivity index is 1.94. The summed E-state index contributed by atoms with van der Waals surface area (Å²) in [6.45, 7) is 3.02. The minimum absolute atomic E-state index is 0.389. The molecule has 3 nitrogen and oxygen atoms in total. The van der Waals surface area contributed by atoms with Gasteiger partial charge in [-0.3, -0.25) is 4.98 Å². The van der Waals surface area contributed by atoms with Crippen molar-refractivity contribution >= 4 is 0 Å². The summed E-state index contributed by atoms with van der Waals surface area (Å²) < 4.78 is 0. The van der Waals surface area contributed by atoms with Gasteiger partial charge in [-0.2, -0.15) is 0 Å². The van der Waals surface area contributed by atoms with Crippen molar-refractivity contribution in [3.63, 3.8) is 0 Å². The summed E-state index contributed by atoms with van der Waals surface area (Å²) in [5.41, 5.74) is 7.09. The Labute approximate surface area is 97.5 Å². The lowest BCUT2D eigenvalue weighted by atomic mass is 10.0. The number of hydrogen-bond donors (Lipinski definition) is 2. The van der Waals surface area contributed by atoms with E-state index in [4.69, 9.17) is 5.73 Å². The first-order valence-electron chi connectivity index (χ1n) is 6.17. The number of nitrogens with zero attached hydrogens (tertiary/aromatic N) is 1. The molecule has 16 heavy (non-hydrogen) atoms. The van der Waals surface area contributed by atoms with E-state index in [0.717, 1.165) is 6.54 Å². The van der Waals surface area contributed by atoms with Crippen molar-refractivity contribution in [1.82, 2.24) is 10.3 Å². The molecular weight excluding hydrogens is 198 g/mol. The summed E-state index contributed by atoms with van der Waals surface area (Å²) in [6, 6.07) is 5.13. The van der Waals surface area contributed by atoms with E-state index in [9.17, 15) is 0 Å².